The lowest BCUT2D eigenvalue weighted by Crippen LogP contribution is -2.35. The van der Waals surface area contributed by atoms with Crippen LogP contribution in [-0.2, 0) is 11.2 Å². The maximum Gasteiger partial charge on any atom is 0.266 e. The van der Waals surface area contributed by atoms with Crippen molar-refractivity contribution in [3.63, 3.8) is 0 Å². The van der Waals surface area contributed by atoms with Gasteiger partial charge in [0.25, 0.3) is 5.56 Å². The molecule has 1 amide bonds. The standard InChI is InChI=1S/C25H21N3O2S/c1-17(23(29)27-16-15-18-9-5-8-14-22(18)27)31-25-26-21-13-7-6-12-20(21)24(30)28(25)19-10-3-2-4-11-19/h2-14,17H,15-16H2,1H3. The molecule has 4 aromatic rings. The van der Waals surface area contributed by atoms with Gasteiger partial charge in [-0.25, -0.2) is 4.98 Å². The summed E-state index contributed by atoms with van der Waals surface area (Å²) in [5, 5.41) is 0.681. The molecule has 5 rings (SSSR count). The molecule has 0 radical (unpaired) electrons. The summed E-state index contributed by atoms with van der Waals surface area (Å²) in [5.74, 6) is 0.0250. The number of hydrogen-bond donors (Lipinski definition) is 0. The molecule has 31 heavy (non-hydrogen) atoms. The van der Waals surface area contributed by atoms with Gasteiger partial charge in [-0.3, -0.25) is 14.2 Å². The molecule has 0 bridgehead atoms. The van der Waals surface area contributed by atoms with Crippen molar-refractivity contribution in [3.05, 3.63) is 94.8 Å². The Morgan fingerprint density at radius 2 is 1.68 bits per heavy atom. The Morgan fingerprint density at radius 3 is 2.52 bits per heavy atom. The van der Waals surface area contributed by atoms with Crippen molar-refractivity contribution in [1.29, 1.82) is 0 Å². The molecular formula is C25H21N3O2S. The molecule has 3 aromatic carbocycles. The number of para-hydroxylation sites is 3. The van der Waals surface area contributed by atoms with E-state index in [1.54, 1.807) is 10.6 Å². The summed E-state index contributed by atoms with van der Waals surface area (Å²) in [7, 11) is 0. The molecule has 0 N–H and O–H groups in total. The average Bonchev–Trinajstić information content (AvgIpc) is 3.23. The highest BCUT2D eigenvalue weighted by Crippen LogP contribution is 2.32. The Labute approximate surface area is 184 Å². The van der Waals surface area contributed by atoms with Gasteiger partial charge in [0.2, 0.25) is 5.91 Å². The van der Waals surface area contributed by atoms with E-state index < -0.39 is 5.25 Å². The van der Waals surface area contributed by atoms with E-state index in [2.05, 4.69) is 6.07 Å². The van der Waals surface area contributed by atoms with Crippen LogP contribution in [0.25, 0.3) is 16.6 Å². The van der Waals surface area contributed by atoms with Crippen molar-refractivity contribution in [3.8, 4) is 5.69 Å². The number of carbonyl (C=O) groups is 1. The highest BCUT2D eigenvalue weighted by Gasteiger charge is 2.29. The Kier molecular flexibility index (Phi) is 5.08. The van der Waals surface area contributed by atoms with Gasteiger partial charge in [0.15, 0.2) is 5.16 Å². The SMILES string of the molecule is CC(Sc1nc2ccccc2c(=O)n1-c1ccccc1)C(=O)N1CCc2ccccc21. The zero-order valence-electron chi connectivity index (χ0n) is 17.1. The first-order valence-corrected chi connectivity index (χ1v) is 11.1. The molecule has 154 valence electrons. The number of rotatable bonds is 4. The van der Waals surface area contributed by atoms with Crippen LogP contribution in [0.3, 0.4) is 0 Å². The van der Waals surface area contributed by atoms with Crippen LogP contribution < -0.4 is 10.5 Å². The van der Waals surface area contributed by atoms with Crippen LogP contribution in [-0.4, -0.2) is 27.3 Å². The van der Waals surface area contributed by atoms with Crippen molar-refractivity contribution >= 4 is 34.3 Å². The number of carbonyl (C=O) groups excluding carboxylic acids is 1. The van der Waals surface area contributed by atoms with Crippen molar-refractivity contribution in [2.75, 3.05) is 11.4 Å². The predicted molar refractivity (Wildman–Crippen MR) is 125 cm³/mol. The Morgan fingerprint density at radius 1 is 0.968 bits per heavy atom. The summed E-state index contributed by atoms with van der Waals surface area (Å²) in [6.07, 6.45) is 0.863. The van der Waals surface area contributed by atoms with Gasteiger partial charge in [-0.2, -0.15) is 0 Å². The van der Waals surface area contributed by atoms with Gasteiger partial charge in [-0.1, -0.05) is 60.3 Å². The molecule has 5 nitrogen and oxygen atoms in total. The Bertz CT molecular complexity index is 1330. The predicted octanol–water partition coefficient (Wildman–Crippen LogP) is 4.46. The van der Waals surface area contributed by atoms with E-state index in [-0.39, 0.29) is 11.5 Å². The first-order chi connectivity index (χ1) is 15.1. The second-order valence-electron chi connectivity index (χ2n) is 7.52. The number of hydrogen-bond acceptors (Lipinski definition) is 4. The van der Waals surface area contributed by atoms with E-state index >= 15 is 0 Å². The lowest BCUT2D eigenvalue weighted by Gasteiger charge is -2.22. The molecule has 1 unspecified atom stereocenters. The average molecular weight is 428 g/mol. The molecule has 1 aromatic heterocycles. The van der Waals surface area contributed by atoms with Gasteiger partial charge in [-0.05, 0) is 49.2 Å². The summed E-state index contributed by atoms with van der Waals surface area (Å²) in [6, 6.07) is 24.8. The summed E-state index contributed by atoms with van der Waals surface area (Å²) in [6.45, 7) is 2.56. The van der Waals surface area contributed by atoms with E-state index in [9.17, 15) is 9.59 Å². The first-order valence-electron chi connectivity index (χ1n) is 10.3. The minimum absolute atomic E-state index is 0.0250. The van der Waals surface area contributed by atoms with E-state index in [0.717, 1.165) is 17.8 Å². The summed E-state index contributed by atoms with van der Waals surface area (Å²) in [5.41, 5.74) is 3.41. The van der Waals surface area contributed by atoms with Gasteiger partial charge < -0.3 is 4.90 Å². The fourth-order valence-electron chi connectivity index (χ4n) is 3.99. The smallest absolute Gasteiger partial charge is 0.266 e. The van der Waals surface area contributed by atoms with Crippen molar-refractivity contribution in [1.82, 2.24) is 9.55 Å². The first kappa shape index (κ1) is 19.6. The molecule has 0 fully saturated rings. The zero-order valence-corrected chi connectivity index (χ0v) is 17.9. The third-order valence-corrected chi connectivity index (χ3v) is 6.58. The molecular weight excluding hydrogens is 406 g/mol. The number of anilines is 1. The molecule has 0 saturated carbocycles. The molecule has 0 spiro atoms. The molecule has 1 atom stereocenters. The zero-order chi connectivity index (χ0) is 21.4. The second-order valence-corrected chi connectivity index (χ2v) is 8.82. The minimum Gasteiger partial charge on any atom is -0.311 e. The molecule has 0 saturated heterocycles. The molecule has 2 heterocycles. The largest absolute Gasteiger partial charge is 0.311 e. The van der Waals surface area contributed by atoms with Crippen molar-refractivity contribution in [2.24, 2.45) is 0 Å². The van der Waals surface area contributed by atoms with Crippen LogP contribution in [0.4, 0.5) is 5.69 Å². The molecule has 0 aliphatic carbocycles. The highest BCUT2D eigenvalue weighted by atomic mass is 32.2. The van der Waals surface area contributed by atoms with Gasteiger partial charge in [0, 0.05) is 12.2 Å². The van der Waals surface area contributed by atoms with Crippen LogP contribution in [0, 0.1) is 0 Å². The maximum absolute atomic E-state index is 13.3. The number of aromatic nitrogens is 2. The van der Waals surface area contributed by atoms with Crippen LogP contribution in [0.1, 0.15) is 12.5 Å². The highest BCUT2D eigenvalue weighted by molar-refractivity contribution is 8.00. The van der Waals surface area contributed by atoms with Crippen molar-refractivity contribution in [2.45, 2.75) is 23.8 Å². The van der Waals surface area contributed by atoms with E-state index in [4.69, 9.17) is 4.98 Å². The van der Waals surface area contributed by atoms with Crippen LogP contribution >= 0.6 is 11.8 Å². The Hall–Kier alpha value is -3.38. The summed E-state index contributed by atoms with van der Waals surface area (Å²) >= 11 is 1.32. The number of fused-ring (bicyclic) bond motifs is 2. The topological polar surface area (TPSA) is 55.2 Å². The van der Waals surface area contributed by atoms with Gasteiger partial charge in [0.1, 0.15) is 0 Å². The molecule has 6 heteroatoms. The van der Waals surface area contributed by atoms with Gasteiger partial charge in [-0.15, -0.1) is 0 Å². The van der Waals surface area contributed by atoms with Crippen LogP contribution in [0.15, 0.2) is 88.8 Å². The number of nitrogens with zero attached hydrogens (tertiary/aromatic N) is 3. The fraction of sp³-hybridized carbons (Fsp3) is 0.160. The van der Waals surface area contributed by atoms with Crippen LogP contribution in [0.5, 0.6) is 0 Å². The maximum atomic E-state index is 13.3. The van der Waals surface area contributed by atoms with E-state index in [1.807, 2.05) is 78.6 Å². The lowest BCUT2D eigenvalue weighted by molar-refractivity contribution is -0.117. The van der Waals surface area contributed by atoms with E-state index in [1.165, 1.54) is 17.3 Å². The Balaban J connectivity index is 1.54. The number of thioether (sulfide) groups is 1. The van der Waals surface area contributed by atoms with E-state index in [0.29, 0.717) is 22.6 Å². The lowest BCUT2D eigenvalue weighted by atomic mass is 10.2. The third kappa shape index (κ3) is 3.53. The van der Waals surface area contributed by atoms with Gasteiger partial charge in [0.05, 0.1) is 21.8 Å². The number of benzene rings is 3. The molecule has 1 aliphatic heterocycles. The third-order valence-electron chi connectivity index (χ3n) is 5.54. The van der Waals surface area contributed by atoms with Gasteiger partial charge >= 0.3 is 0 Å². The fourth-order valence-corrected chi connectivity index (χ4v) is 4.98. The summed E-state index contributed by atoms with van der Waals surface area (Å²) < 4.78 is 1.61. The normalized spacial score (nSPS) is 13.9. The minimum atomic E-state index is -0.394. The van der Waals surface area contributed by atoms with Crippen molar-refractivity contribution < 1.29 is 4.79 Å². The quantitative estimate of drug-likeness (QED) is 0.357. The van der Waals surface area contributed by atoms with Crippen LogP contribution in [0.2, 0.25) is 0 Å². The second kappa shape index (κ2) is 8.04. The number of amides is 1. The monoisotopic (exact) mass is 427 g/mol. The molecule has 1 aliphatic rings. The summed E-state index contributed by atoms with van der Waals surface area (Å²) in [4.78, 5) is 33.2.